The van der Waals surface area contributed by atoms with Gasteiger partial charge in [0.05, 0.1) is 11.1 Å². The minimum Gasteiger partial charge on any atom is -0.206 e. The highest BCUT2D eigenvalue weighted by Gasteiger charge is 2.40. The highest BCUT2D eigenvalue weighted by molar-refractivity contribution is 6.55. The number of benzene rings is 2. The summed E-state index contributed by atoms with van der Waals surface area (Å²) in [6.07, 6.45) is -8.44. The molecule has 0 bridgehead atoms. The SMILES string of the molecule is C=Cc1ccc(BC(C)c2cc(C(F)(F)F)c(F)cc2C(F)(F)F)cc1. The molecule has 0 saturated carbocycles. The van der Waals surface area contributed by atoms with E-state index in [1.807, 2.05) is 0 Å². The molecule has 0 spiro atoms. The van der Waals surface area contributed by atoms with Crippen molar-refractivity contribution < 1.29 is 30.7 Å². The van der Waals surface area contributed by atoms with Crippen LogP contribution in [0.3, 0.4) is 0 Å². The zero-order valence-electron chi connectivity index (χ0n) is 13.7. The third kappa shape index (κ3) is 4.48. The van der Waals surface area contributed by atoms with Gasteiger partial charge >= 0.3 is 12.4 Å². The Kier molecular flexibility index (Phi) is 5.54. The molecule has 0 radical (unpaired) electrons. The van der Waals surface area contributed by atoms with E-state index in [2.05, 4.69) is 6.58 Å². The minimum atomic E-state index is -5.08. The standard InChI is InChI=1S/C18H14BF7/c1-3-11-4-6-12(7-5-11)19-10(2)13-8-15(18(24,25)26)16(20)9-14(13)17(21,22)23/h3-10,19H,1H2,2H3. The van der Waals surface area contributed by atoms with Crippen LogP contribution in [-0.2, 0) is 12.4 Å². The lowest BCUT2D eigenvalue weighted by Crippen LogP contribution is -2.24. The van der Waals surface area contributed by atoms with E-state index in [1.165, 1.54) is 6.92 Å². The molecule has 2 rings (SSSR count). The zero-order chi connectivity index (χ0) is 19.7. The van der Waals surface area contributed by atoms with Crippen LogP contribution in [0.25, 0.3) is 6.08 Å². The van der Waals surface area contributed by atoms with Gasteiger partial charge in [0.2, 0.25) is 0 Å². The molecule has 0 aliphatic rings. The van der Waals surface area contributed by atoms with Gasteiger partial charge in [-0.15, -0.1) is 0 Å². The summed E-state index contributed by atoms with van der Waals surface area (Å²) in [4.78, 5) is 0. The van der Waals surface area contributed by atoms with E-state index in [1.54, 1.807) is 30.3 Å². The molecule has 0 N–H and O–H groups in total. The monoisotopic (exact) mass is 374 g/mol. The first-order valence-corrected chi connectivity index (χ1v) is 7.62. The molecule has 0 nitrogen and oxygen atoms in total. The van der Waals surface area contributed by atoms with Crippen LogP contribution in [0.15, 0.2) is 43.0 Å². The molecule has 26 heavy (non-hydrogen) atoms. The number of hydrogen-bond acceptors (Lipinski definition) is 0. The Morgan fingerprint density at radius 1 is 0.923 bits per heavy atom. The molecule has 138 valence electrons. The van der Waals surface area contributed by atoms with E-state index in [9.17, 15) is 30.7 Å². The highest BCUT2D eigenvalue weighted by atomic mass is 19.4. The number of alkyl halides is 6. The number of halogens is 7. The summed E-state index contributed by atoms with van der Waals surface area (Å²) in [7, 11) is 0.0728. The molecule has 0 aromatic heterocycles. The summed E-state index contributed by atoms with van der Waals surface area (Å²) in [5, 5.41) is 0. The maximum absolute atomic E-state index is 13.6. The van der Waals surface area contributed by atoms with Crippen LogP contribution < -0.4 is 5.46 Å². The van der Waals surface area contributed by atoms with E-state index >= 15 is 0 Å². The van der Waals surface area contributed by atoms with Crippen molar-refractivity contribution in [3.8, 4) is 0 Å². The summed E-state index contributed by atoms with van der Waals surface area (Å²) in [6, 6.07) is 6.91. The molecule has 2 aromatic rings. The van der Waals surface area contributed by atoms with Gasteiger partial charge in [0.25, 0.3) is 0 Å². The summed E-state index contributed by atoms with van der Waals surface area (Å²) < 4.78 is 91.9. The molecular weight excluding hydrogens is 360 g/mol. The molecule has 0 aliphatic carbocycles. The van der Waals surface area contributed by atoms with Crippen molar-refractivity contribution in [2.24, 2.45) is 0 Å². The highest BCUT2D eigenvalue weighted by Crippen LogP contribution is 2.40. The molecule has 0 fully saturated rings. The van der Waals surface area contributed by atoms with Gasteiger partial charge in [-0.3, -0.25) is 0 Å². The lowest BCUT2D eigenvalue weighted by atomic mass is 9.57. The van der Waals surface area contributed by atoms with Crippen molar-refractivity contribution in [3.63, 3.8) is 0 Å². The van der Waals surface area contributed by atoms with Crippen molar-refractivity contribution in [1.29, 1.82) is 0 Å². The Balaban J connectivity index is 2.48. The predicted octanol–water partition coefficient (Wildman–Crippen LogP) is 5.33. The molecule has 0 amide bonds. The topological polar surface area (TPSA) is 0 Å². The van der Waals surface area contributed by atoms with Crippen molar-refractivity contribution in [2.75, 3.05) is 0 Å². The van der Waals surface area contributed by atoms with Gasteiger partial charge in [-0.25, -0.2) is 4.39 Å². The largest absolute Gasteiger partial charge is 0.419 e. The molecule has 8 heteroatoms. The molecule has 2 aromatic carbocycles. The van der Waals surface area contributed by atoms with Crippen molar-refractivity contribution in [2.45, 2.75) is 25.1 Å². The normalized spacial score (nSPS) is 13.4. The van der Waals surface area contributed by atoms with Gasteiger partial charge in [-0.05, 0) is 29.1 Å². The Morgan fingerprint density at radius 2 is 1.46 bits per heavy atom. The van der Waals surface area contributed by atoms with Crippen LogP contribution in [0.5, 0.6) is 0 Å². The molecular formula is C18H14BF7. The second-order valence-corrected chi connectivity index (χ2v) is 5.97. The zero-order valence-corrected chi connectivity index (χ0v) is 13.7. The Morgan fingerprint density at radius 3 is 1.92 bits per heavy atom. The summed E-state index contributed by atoms with van der Waals surface area (Å²) in [5.74, 6) is -2.83. The predicted molar refractivity (Wildman–Crippen MR) is 88.1 cm³/mol. The van der Waals surface area contributed by atoms with Crippen LogP contribution in [0.1, 0.15) is 35.0 Å². The lowest BCUT2D eigenvalue weighted by molar-refractivity contribution is -0.143. The maximum Gasteiger partial charge on any atom is 0.419 e. The first-order valence-electron chi connectivity index (χ1n) is 7.62. The molecule has 0 aliphatic heterocycles. The van der Waals surface area contributed by atoms with E-state index in [4.69, 9.17) is 0 Å². The maximum atomic E-state index is 13.6. The average Bonchev–Trinajstić information content (AvgIpc) is 2.53. The first kappa shape index (κ1) is 20.1. The quantitative estimate of drug-likeness (QED) is 0.502. The summed E-state index contributed by atoms with van der Waals surface area (Å²) in [5.41, 5.74) is -2.22. The Hall–Kier alpha value is -2.25. The van der Waals surface area contributed by atoms with Crippen molar-refractivity contribution >= 4 is 18.8 Å². The van der Waals surface area contributed by atoms with E-state index in [0.717, 1.165) is 5.56 Å². The van der Waals surface area contributed by atoms with E-state index in [0.29, 0.717) is 5.46 Å². The van der Waals surface area contributed by atoms with Gasteiger partial charge in [0.1, 0.15) is 5.82 Å². The first-order chi connectivity index (χ1) is 11.9. The summed E-state index contributed by atoms with van der Waals surface area (Å²) >= 11 is 0. The smallest absolute Gasteiger partial charge is 0.206 e. The lowest BCUT2D eigenvalue weighted by Gasteiger charge is -2.20. The van der Waals surface area contributed by atoms with Crippen LogP contribution >= 0.6 is 0 Å². The van der Waals surface area contributed by atoms with E-state index < -0.39 is 40.7 Å². The van der Waals surface area contributed by atoms with Crippen LogP contribution in [-0.4, -0.2) is 7.28 Å². The van der Waals surface area contributed by atoms with Crippen molar-refractivity contribution in [1.82, 2.24) is 0 Å². The fourth-order valence-corrected chi connectivity index (χ4v) is 2.71. The van der Waals surface area contributed by atoms with E-state index in [-0.39, 0.29) is 19.4 Å². The minimum absolute atomic E-state index is 0.0728. The average molecular weight is 374 g/mol. The number of hydrogen-bond donors (Lipinski definition) is 0. The second kappa shape index (κ2) is 7.17. The third-order valence-electron chi connectivity index (χ3n) is 4.04. The molecule has 1 atom stereocenters. The van der Waals surface area contributed by atoms with Gasteiger partial charge in [-0.1, -0.05) is 49.3 Å². The Bertz CT molecular complexity index is 789. The van der Waals surface area contributed by atoms with Gasteiger partial charge in [-0.2, -0.15) is 26.3 Å². The summed E-state index contributed by atoms with van der Waals surface area (Å²) in [6.45, 7) is 4.96. The molecule has 0 saturated heterocycles. The fraction of sp³-hybridized carbons (Fsp3) is 0.222. The van der Waals surface area contributed by atoms with Gasteiger partial charge in [0.15, 0.2) is 7.28 Å². The van der Waals surface area contributed by atoms with Crippen LogP contribution in [0.4, 0.5) is 30.7 Å². The van der Waals surface area contributed by atoms with Gasteiger partial charge < -0.3 is 0 Å². The Labute approximate surface area is 146 Å². The molecule has 0 heterocycles. The van der Waals surface area contributed by atoms with Crippen LogP contribution in [0, 0.1) is 5.82 Å². The van der Waals surface area contributed by atoms with Crippen LogP contribution in [0.2, 0.25) is 0 Å². The second-order valence-electron chi connectivity index (χ2n) is 5.97. The fourth-order valence-electron chi connectivity index (χ4n) is 2.71. The molecule has 1 unspecified atom stereocenters. The number of rotatable bonds is 4. The third-order valence-corrected chi connectivity index (χ3v) is 4.04. The van der Waals surface area contributed by atoms with Gasteiger partial charge in [0, 0.05) is 0 Å². The van der Waals surface area contributed by atoms with Crippen molar-refractivity contribution in [3.05, 3.63) is 71.0 Å².